The summed E-state index contributed by atoms with van der Waals surface area (Å²) < 4.78 is 0. The van der Waals surface area contributed by atoms with Crippen LogP contribution in [-0.2, 0) is 0 Å². The van der Waals surface area contributed by atoms with E-state index in [4.69, 9.17) is 0 Å². The monoisotopic (exact) mass is 378 g/mol. The summed E-state index contributed by atoms with van der Waals surface area (Å²) >= 11 is 0. The Morgan fingerprint density at radius 1 is 0.741 bits per heavy atom. The van der Waals surface area contributed by atoms with E-state index in [1.54, 1.807) is 0 Å². The lowest BCUT2D eigenvalue weighted by molar-refractivity contribution is 0.0883. The van der Waals surface area contributed by atoms with Crippen molar-refractivity contribution >= 4 is 0 Å². The van der Waals surface area contributed by atoms with Crippen LogP contribution in [0.3, 0.4) is 0 Å². The van der Waals surface area contributed by atoms with Gasteiger partial charge in [-0.05, 0) is 38.8 Å². The molecule has 0 N–H and O–H groups in total. The van der Waals surface area contributed by atoms with E-state index in [0.29, 0.717) is 12.1 Å². The molecule has 1 aliphatic carbocycles. The van der Waals surface area contributed by atoms with Gasteiger partial charge >= 0.3 is 0 Å². The molecule has 2 aliphatic rings. The normalized spacial score (nSPS) is 22.0. The van der Waals surface area contributed by atoms with E-state index in [2.05, 4.69) is 34.1 Å². The fourth-order valence-electron chi connectivity index (χ4n) is 4.60. The molecular formula is C23H46N4. The molecule has 4 heteroatoms. The highest BCUT2D eigenvalue weighted by molar-refractivity contribution is 4.89. The Labute approximate surface area is 169 Å². The van der Waals surface area contributed by atoms with Gasteiger partial charge in [-0.1, -0.05) is 96.1 Å². The van der Waals surface area contributed by atoms with E-state index >= 15 is 0 Å². The molecule has 4 nitrogen and oxygen atoms in total. The third-order valence-corrected chi connectivity index (χ3v) is 6.39. The molecule has 0 spiro atoms. The molecule has 0 saturated heterocycles. The second-order valence-electron chi connectivity index (χ2n) is 8.86. The fourth-order valence-corrected chi connectivity index (χ4v) is 4.60. The molecule has 0 aromatic carbocycles. The largest absolute Gasteiger partial charge is 0.285 e. The molecule has 158 valence electrons. The van der Waals surface area contributed by atoms with Crippen molar-refractivity contribution in [2.75, 3.05) is 19.8 Å². The lowest BCUT2D eigenvalue weighted by atomic mass is 9.91. The van der Waals surface area contributed by atoms with Gasteiger partial charge in [-0.15, -0.1) is 0 Å². The summed E-state index contributed by atoms with van der Waals surface area (Å²) in [5.41, 5.74) is 0. The van der Waals surface area contributed by atoms with Crippen molar-refractivity contribution in [1.82, 2.24) is 9.91 Å². The van der Waals surface area contributed by atoms with Crippen LogP contribution in [0.15, 0.2) is 10.3 Å². The molecule has 2 unspecified atom stereocenters. The van der Waals surface area contributed by atoms with E-state index in [0.717, 1.165) is 6.67 Å². The topological polar surface area (TPSA) is 31.2 Å². The van der Waals surface area contributed by atoms with Gasteiger partial charge < -0.3 is 0 Å². The standard InChI is InChI=1S/C23H46N4/c1-3-5-7-9-11-15-19-26(20-16-12-10-8-6-4-2)21-27-23-18-14-13-17-22(23)24-25-27/h22-23H,3-21H2,1-2H3. The van der Waals surface area contributed by atoms with Crippen LogP contribution in [-0.4, -0.2) is 41.8 Å². The predicted octanol–water partition coefficient (Wildman–Crippen LogP) is 6.96. The number of unbranched alkanes of at least 4 members (excludes halogenated alkanes) is 10. The van der Waals surface area contributed by atoms with Crippen molar-refractivity contribution in [3.05, 3.63) is 0 Å². The number of hydrogen-bond acceptors (Lipinski definition) is 4. The molecule has 0 amide bonds. The SMILES string of the molecule is CCCCCCCCN(CCCCCCCC)CN1N=NC2CCCCC21. The maximum Gasteiger partial charge on any atom is 0.0950 e. The van der Waals surface area contributed by atoms with Crippen molar-refractivity contribution in [3.8, 4) is 0 Å². The molecule has 0 bridgehead atoms. The van der Waals surface area contributed by atoms with Gasteiger partial charge in [0.05, 0.1) is 18.8 Å². The molecule has 2 atom stereocenters. The molecule has 1 saturated carbocycles. The number of rotatable bonds is 16. The minimum Gasteiger partial charge on any atom is -0.285 e. The third-order valence-electron chi connectivity index (χ3n) is 6.39. The summed E-state index contributed by atoms with van der Waals surface area (Å²) in [5, 5.41) is 11.5. The smallest absolute Gasteiger partial charge is 0.0950 e. The Bertz CT molecular complexity index is 369. The fraction of sp³-hybridized carbons (Fsp3) is 1.00. The average molecular weight is 379 g/mol. The molecular weight excluding hydrogens is 332 g/mol. The van der Waals surface area contributed by atoms with Gasteiger partial charge in [0, 0.05) is 0 Å². The molecule has 1 aliphatic heterocycles. The summed E-state index contributed by atoms with van der Waals surface area (Å²) in [6.07, 6.45) is 21.8. The van der Waals surface area contributed by atoms with Gasteiger partial charge in [-0.25, -0.2) is 0 Å². The van der Waals surface area contributed by atoms with Crippen LogP contribution in [0.2, 0.25) is 0 Å². The van der Waals surface area contributed by atoms with Gasteiger partial charge in [-0.2, -0.15) is 5.11 Å². The van der Waals surface area contributed by atoms with Crippen molar-refractivity contribution in [2.24, 2.45) is 10.3 Å². The Morgan fingerprint density at radius 2 is 1.30 bits per heavy atom. The molecule has 0 aromatic heterocycles. The summed E-state index contributed by atoms with van der Waals surface area (Å²) in [6.45, 7) is 8.08. The predicted molar refractivity (Wildman–Crippen MR) is 116 cm³/mol. The van der Waals surface area contributed by atoms with Gasteiger partial charge in [-0.3, -0.25) is 9.91 Å². The van der Waals surface area contributed by atoms with Gasteiger partial charge in [0.25, 0.3) is 0 Å². The zero-order chi connectivity index (χ0) is 19.2. The lowest BCUT2D eigenvalue weighted by Crippen LogP contribution is -2.44. The average Bonchev–Trinajstić information content (AvgIpc) is 3.10. The van der Waals surface area contributed by atoms with Gasteiger partial charge in [0.2, 0.25) is 0 Å². The third kappa shape index (κ3) is 8.93. The van der Waals surface area contributed by atoms with Crippen LogP contribution in [0, 0.1) is 0 Å². The van der Waals surface area contributed by atoms with Crippen molar-refractivity contribution < 1.29 is 0 Å². The highest BCUT2D eigenvalue weighted by Crippen LogP contribution is 2.30. The minimum absolute atomic E-state index is 0.490. The van der Waals surface area contributed by atoms with Crippen LogP contribution >= 0.6 is 0 Å². The Balaban J connectivity index is 1.70. The van der Waals surface area contributed by atoms with Crippen LogP contribution in [0.4, 0.5) is 0 Å². The van der Waals surface area contributed by atoms with E-state index in [9.17, 15) is 0 Å². The van der Waals surface area contributed by atoms with Crippen molar-refractivity contribution in [2.45, 2.75) is 129 Å². The molecule has 1 fully saturated rings. The van der Waals surface area contributed by atoms with E-state index in [1.165, 1.54) is 116 Å². The Kier molecular flexibility index (Phi) is 12.1. The minimum atomic E-state index is 0.490. The number of nitrogens with zero attached hydrogens (tertiary/aromatic N) is 4. The highest BCUT2D eigenvalue weighted by atomic mass is 15.6. The number of hydrogen-bond donors (Lipinski definition) is 0. The molecule has 0 radical (unpaired) electrons. The van der Waals surface area contributed by atoms with Crippen LogP contribution in [0.1, 0.15) is 117 Å². The summed E-state index contributed by atoms with van der Waals surface area (Å²) in [5.74, 6) is 0. The first-order valence-electron chi connectivity index (χ1n) is 12.2. The molecule has 27 heavy (non-hydrogen) atoms. The van der Waals surface area contributed by atoms with Crippen molar-refractivity contribution in [1.29, 1.82) is 0 Å². The molecule has 2 rings (SSSR count). The van der Waals surface area contributed by atoms with Gasteiger partial charge in [0.15, 0.2) is 0 Å². The Morgan fingerprint density at radius 3 is 1.93 bits per heavy atom. The second-order valence-corrected chi connectivity index (χ2v) is 8.86. The van der Waals surface area contributed by atoms with E-state index in [1.807, 2.05) is 0 Å². The maximum absolute atomic E-state index is 4.58. The van der Waals surface area contributed by atoms with Crippen LogP contribution in [0.5, 0.6) is 0 Å². The maximum atomic E-state index is 4.58. The van der Waals surface area contributed by atoms with Crippen LogP contribution in [0.25, 0.3) is 0 Å². The van der Waals surface area contributed by atoms with Gasteiger partial charge in [0.1, 0.15) is 0 Å². The summed E-state index contributed by atoms with van der Waals surface area (Å²) in [7, 11) is 0. The zero-order valence-corrected chi connectivity index (χ0v) is 18.4. The number of fused-ring (bicyclic) bond motifs is 1. The first-order valence-corrected chi connectivity index (χ1v) is 12.2. The second kappa shape index (κ2) is 14.4. The lowest BCUT2D eigenvalue weighted by Gasteiger charge is -2.33. The summed E-state index contributed by atoms with van der Waals surface area (Å²) in [6, 6.07) is 1.08. The van der Waals surface area contributed by atoms with Crippen LogP contribution < -0.4 is 0 Å². The molecule has 0 aromatic rings. The summed E-state index contributed by atoms with van der Waals surface area (Å²) in [4.78, 5) is 2.68. The first-order chi connectivity index (χ1) is 13.3. The van der Waals surface area contributed by atoms with E-state index in [-0.39, 0.29) is 0 Å². The molecule has 1 heterocycles. The Hall–Kier alpha value is -0.640. The van der Waals surface area contributed by atoms with Crippen molar-refractivity contribution in [3.63, 3.8) is 0 Å². The highest BCUT2D eigenvalue weighted by Gasteiger charge is 2.35. The quantitative estimate of drug-likeness (QED) is 0.272. The first kappa shape index (κ1) is 22.6. The van der Waals surface area contributed by atoms with E-state index < -0.39 is 0 Å². The zero-order valence-electron chi connectivity index (χ0n) is 18.4.